The number of nitrogens with one attached hydrogen (secondary N) is 2. The Balaban J connectivity index is 1.91. The first-order valence-electron chi connectivity index (χ1n) is 7.22. The normalized spacial score (nSPS) is 12.0. The van der Waals surface area contributed by atoms with Gasteiger partial charge >= 0.3 is 6.03 Å². The number of urea groups is 1. The Hall–Kier alpha value is -2.41. The van der Waals surface area contributed by atoms with E-state index in [0.717, 1.165) is 5.56 Å². The Bertz CT molecular complexity index is 627. The van der Waals surface area contributed by atoms with Gasteiger partial charge in [-0.05, 0) is 25.0 Å². The lowest BCUT2D eigenvalue weighted by Gasteiger charge is -2.10. The number of benzene rings is 1. The summed E-state index contributed by atoms with van der Waals surface area (Å²) >= 11 is 0. The predicted molar refractivity (Wildman–Crippen MR) is 82.4 cm³/mol. The average molecular weight is 304 g/mol. The summed E-state index contributed by atoms with van der Waals surface area (Å²) in [4.78, 5) is 15.9. The molecular formula is C15H20N4O3. The van der Waals surface area contributed by atoms with E-state index in [2.05, 4.69) is 20.8 Å². The molecule has 0 radical (unpaired) electrons. The standard InChI is InChI=1S/C15H20N4O3/c1-3-13(20)7-8-16-15(21)18-12-6-4-5-11(9-12)14-17-10(2)22-19-14/h4-6,9,13,20H,3,7-8H2,1-2H3,(H2,16,18,21). The van der Waals surface area contributed by atoms with Crippen molar-refractivity contribution >= 4 is 11.7 Å². The van der Waals surface area contributed by atoms with Crippen molar-refractivity contribution in [3.05, 3.63) is 30.2 Å². The summed E-state index contributed by atoms with van der Waals surface area (Å²) in [7, 11) is 0. The van der Waals surface area contributed by atoms with Crippen molar-refractivity contribution < 1.29 is 14.4 Å². The van der Waals surface area contributed by atoms with Gasteiger partial charge in [-0.1, -0.05) is 24.2 Å². The lowest BCUT2D eigenvalue weighted by atomic mass is 10.2. The minimum absolute atomic E-state index is 0.315. The van der Waals surface area contributed by atoms with Gasteiger partial charge in [0.25, 0.3) is 0 Å². The quantitative estimate of drug-likeness (QED) is 0.760. The maximum atomic E-state index is 11.8. The fourth-order valence-electron chi connectivity index (χ4n) is 1.88. The molecule has 118 valence electrons. The van der Waals surface area contributed by atoms with Gasteiger partial charge in [0, 0.05) is 24.7 Å². The van der Waals surface area contributed by atoms with E-state index >= 15 is 0 Å². The molecule has 3 N–H and O–H groups in total. The van der Waals surface area contributed by atoms with Gasteiger partial charge in [0.1, 0.15) is 0 Å². The molecule has 1 unspecified atom stereocenters. The van der Waals surface area contributed by atoms with E-state index < -0.39 is 0 Å². The highest BCUT2D eigenvalue weighted by Crippen LogP contribution is 2.19. The first-order chi connectivity index (χ1) is 10.6. The number of rotatable bonds is 6. The fourth-order valence-corrected chi connectivity index (χ4v) is 1.88. The number of aryl methyl sites for hydroxylation is 1. The van der Waals surface area contributed by atoms with Crippen molar-refractivity contribution in [2.75, 3.05) is 11.9 Å². The smallest absolute Gasteiger partial charge is 0.319 e. The summed E-state index contributed by atoms with van der Waals surface area (Å²) < 4.78 is 4.94. The zero-order valence-corrected chi connectivity index (χ0v) is 12.7. The molecule has 0 aliphatic rings. The molecule has 0 saturated carbocycles. The lowest BCUT2D eigenvalue weighted by Crippen LogP contribution is -2.31. The summed E-state index contributed by atoms with van der Waals surface area (Å²) in [6.07, 6.45) is 0.826. The van der Waals surface area contributed by atoms with Crippen LogP contribution in [0.15, 0.2) is 28.8 Å². The van der Waals surface area contributed by atoms with E-state index in [1.54, 1.807) is 25.1 Å². The second-order valence-electron chi connectivity index (χ2n) is 4.95. The number of aliphatic hydroxyl groups excluding tert-OH is 1. The van der Waals surface area contributed by atoms with Gasteiger partial charge in [-0.3, -0.25) is 0 Å². The minimum Gasteiger partial charge on any atom is -0.393 e. The minimum atomic E-state index is -0.384. The van der Waals surface area contributed by atoms with Gasteiger partial charge in [-0.25, -0.2) is 4.79 Å². The maximum absolute atomic E-state index is 11.8. The van der Waals surface area contributed by atoms with Gasteiger partial charge in [-0.2, -0.15) is 4.98 Å². The van der Waals surface area contributed by atoms with Crippen LogP contribution in [-0.2, 0) is 0 Å². The Morgan fingerprint density at radius 3 is 2.95 bits per heavy atom. The van der Waals surface area contributed by atoms with Gasteiger partial charge in [0.2, 0.25) is 11.7 Å². The third-order valence-corrected chi connectivity index (χ3v) is 3.14. The Morgan fingerprint density at radius 2 is 2.27 bits per heavy atom. The molecule has 0 spiro atoms. The second kappa shape index (κ2) is 7.56. The highest BCUT2D eigenvalue weighted by atomic mass is 16.5. The van der Waals surface area contributed by atoms with Gasteiger partial charge in [0.15, 0.2) is 0 Å². The van der Waals surface area contributed by atoms with Gasteiger partial charge in [0.05, 0.1) is 6.10 Å². The van der Waals surface area contributed by atoms with Gasteiger partial charge in [-0.15, -0.1) is 0 Å². The van der Waals surface area contributed by atoms with E-state index in [1.165, 1.54) is 0 Å². The maximum Gasteiger partial charge on any atom is 0.319 e. The van der Waals surface area contributed by atoms with Crippen LogP contribution in [0.5, 0.6) is 0 Å². The van der Waals surface area contributed by atoms with Crippen LogP contribution in [0.1, 0.15) is 25.7 Å². The Morgan fingerprint density at radius 1 is 1.45 bits per heavy atom. The highest BCUT2D eigenvalue weighted by molar-refractivity contribution is 5.89. The molecule has 1 aromatic carbocycles. The first kappa shape index (κ1) is 16.0. The molecule has 7 heteroatoms. The summed E-state index contributed by atoms with van der Waals surface area (Å²) in [5, 5.41) is 18.7. The number of anilines is 1. The largest absolute Gasteiger partial charge is 0.393 e. The monoisotopic (exact) mass is 304 g/mol. The number of carbonyl (C=O) groups excluding carboxylic acids is 1. The highest BCUT2D eigenvalue weighted by Gasteiger charge is 2.08. The molecule has 2 amide bonds. The molecule has 1 aromatic heterocycles. The number of aromatic nitrogens is 2. The lowest BCUT2D eigenvalue weighted by molar-refractivity contribution is 0.160. The number of aliphatic hydroxyl groups is 1. The summed E-state index contributed by atoms with van der Waals surface area (Å²) in [6.45, 7) is 4.04. The van der Waals surface area contributed by atoms with Crippen molar-refractivity contribution in [3.63, 3.8) is 0 Å². The third kappa shape index (κ3) is 4.56. The Labute approximate surface area is 128 Å². The number of hydrogen-bond donors (Lipinski definition) is 3. The third-order valence-electron chi connectivity index (χ3n) is 3.14. The van der Waals surface area contributed by atoms with Crippen LogP contribution in [0.25, 0.3) is 11.4 Å². The summed E-state index contributed by atoms with van der Waals surface area (Å²) in [5.74, 6) is 0.966. The van der Waals surface area contributed by atoms with Crippen LogP contribution in [0.4, 0.5) is 10.5 Å². The second-order valence-corrected chi connectivity index (χ2v) is 4.95. The molecule has 0 fully saturated rings. The first-order valence-corrected chi connectivity index (χ1v) is 7.22. The van der Waals surface area contributed by atoms with Crippen LogP contribution in [0.3, 0.4) is 0 Å². The molecule has 2 rings (SSSR count). The van der Waals surface area contributed by atoms with Crippen molar-refractivity contribution in [2.24, 2.45) is 0 Å². The van der Waals surface area contributed by atoms with Crippen molar-refractivity contribution in [1.82, 2.24) is 15.5 Å². The SMILES string of the molecule is CCC(O)CCNC(=O)Nc1cccc(-c2noc(C)n2)c1. The zero-order chi connectivity index (χ0) is 15.9. The van der Waals surface area contributed by atoms with Gasteiger partial charge < -0.3 is 20.3 Å². The molecule has 0 saturated heterocycles. The van der Waals surface area contributed by atoms with E-state index in [0.29, 0.717) is 36.8 Å². The molecule has 0 aliphatic carbocycles. The number of hydrogen-bond acceptors (Lipinski definition) is 5. The van der Waals surface area contributed by atoms with Crippen molar-refractivity contribution in [3.8, 4) is 11.4 Å². The molecule has 7 nitrogen and oxygen atoms in total. The van der Waals surface area contributed by atoms with Crippen LogP contribution in [-0.4, -0.2) is 33.9 Å². The topological polar surface area (TPSA) is 100 Å². The molecule has 22 heavy (non-hydrogen) atoms. The van der Waals surface area contributed by atoms with Crippen LogP contribution in [0.2, 0.25) is 0 Å². The number of amides is 2. The van der Waals surface area contributed by atoms with E-state index in [4.69, 9.17) is 4.52 Å². The average Bonchev–Trinajstić information content (AvgIpc) is 2.94. The molecule has 0 aliphatic heterocycles. The van der Waals surface area contributed by atoms with Crippen LogP contribution in [0, 0.1) is 6.92 Å². The van der Waals surface area contributed by atoms with Crippen LogP contribution >= 0.6 is 0 Å². The molecule has 1 atom stereocenters. The fraction of sp³-hybridized carbons (Fsp3) is 0.400. The summed E-state index contributed by atoms with van der Waals surface area (Å²) in [6, 6.07) is 6.87. The van der Waals surface area contributed by atoms with Crippen LogP contribution < -0.4 is 10.6 Å². The number of nitrogens with zero attached hydrogens (tertiary/aromatic N) is 2. The van der Waals surface area contributed by atoms with Crippen molar-refractivity contribution in [2.45, 2.75) is 32.8 Å². The van der Waals surface area contributed by atoms with Crippen molar-refractivity contribution in [1.29, 1.82) is 0 Å². The molecule has 1 heterocycles. The van der Waals surface area contributed by atoms with E-state index in [1.807, 2.05) is 13.0 Å². The van der Waals surface area contributed by atoms with E-state index in [9.17, 15) is 9.90 Å². The predicted octanol–water partition coefficient (Wildman–Crippen LogP) is 2.33. The summed E-state index contributed by atoms with van der Waals surface area (Å²) in [5.41, 5.74) is 1.39. The number of carbonyl (C=O) groups is 1. The zero-order valence-electron chi connectivity index (χ0n) is 12.7. The molecule has 2 aromatic rings. The molecular weight excluding hydrogens is 284 g/mol. The molecule has 0 bridgehead atoms. The van der Waals surface area contributed by atoms with E-state index in [-0.39, 0.29) is 12.1 Å². The Kier molecular flexibility index (Phi) is 5.48.